The van der Waals surface area contributed by atoms with Gasteiger partial charge in [-0.3, -0.25) is 4.79 Å². The molecule has 7 heteroatoms. The summed E-state index contributed by atoms with van der Waals surface area (Å²) in [4.78, 5) is 16.7. The average molecular weight is 372 g/mol. The average Bonchev–Trinajstić information content (AvgIpc) is 3.11. The SMILES string of the molecule is CCc1nc(-c2cccc(NC(=O)[C@@H](C)Oc3cccc(Cl)c3)c2)no1. The molecule has 0 unspecified atom stereocenters. The van der Waals surface area contributed by atoms with Crippen molar-refractivity contribution >= 4 is 23.2 Å². The number of carbonyl (C=O) groups excluding carboxylic acids is 1. The molecule has 1 N–H and O–H groups in total. The normalized spacial score (nSPS) is 11.8. The molecular weight excluding hydrogens is 354 g/mol. The predicted octanol–water partition coefficient (Wildman–Crippen LogP) is 4.36. The van der Waals surface area contributed by atoms with Crippen LogP contribution in [0.2, 0.25) is 5.02 Å². The van der Waals surface area contributed by atoms with Crippen molar-refractivity contribution in [3.8, 4) is 17.1 Å². The lowest BCUT2D eigenvalue weighted by molar-refractivity contribution is -0.122. The molecule has 134 valence electrons. The van der Waals surface area contributed by atoms with Gasteiger partial charge in [0.1, 0.15) is 5.75 Å². The molecule has 0 saturated heterocycles. The Morgan fingerprint density at radius 1 is 1.27 bits per heavy atom. The second-order valence-corrected chi connectivity index (χ2v) is 6.09. The number of hydrogen-bond acceptors (Lipinski definition) is 5. The second kappa shape index (κ2) is 8.01. The molecule has 6 nitrogen and oxygen atoms in total. The lowest BCUT2D eigenvalue weighted by Crippen LogP contribution is -2.30. The van der Waals surface area contributed by atoms with E-state index >= 15 is 0 Å². The molecule has 3 aromatic rings. The van der Waals surface area contributed by atoms with E-state index in [0.717, 1.165) is 5.56 Å². The molecule has 1 amide bonds. The Bertz CT molecular complexity index is 910. The summed E-state index contributed by atoms with van der Waals surface area (Å²) in [5, 5.41) is 7.32. The van der Waals surface area contributed by atoms with Gasteiger partial charge in [-0.15, -0.1) is 0 Å². The quantitative estimate of drug-likeness (QED) is 0.696. The molecule has 2 aromatic carbocycles. The van der Waals surface area contributed by atoms with Gasteiger partial charge in [0, 0.05) is 22.7 Å². The minimum Gasteiger partial charge on any atom is -0.481 e. The summed E-state index contributed by atoms with van der Waals surface area (Å²) in [6.07, 6.45) is -0.0177. The number of amides is 1. The Balaban J connectivity index is 1.68. The summed E-state index contributed by atoms with van der Waals surface area (Å²) in [5.41, 5.74) is 1.38. The van der Waals surface area contributed by atoms with E-state index in [1.165, 1.54) is 0 Å². The molecule has 1 heterocycles. The molecule has 3 rings (SSSR count). The van der Waals surface area contributed by atoms with Crippen LogP contribution in [0.4, 0.5) is 5.69 Å². The summed E-state index contributed by atoms with van der Waals surface area (Å²) in [6, 6.07) is 14.2. The molecular formula is C19H18ClN3O3. The van der Waals surface area contributed by atoms with Crippen LogP contribution in [0.5, 0.6) is 5.75 Å². The van der Waals surface area contributed by atoms with Gasteiger partial charge in [0.05, 0.1) is 0 Å². The highest BCUT2D eigenvalue weighted by molar-refractivity contribution is 6.30. The van der Waals surface area contributed by atoms with Gasteiger partial charge in [0.25, 0.3) is 5.91 Å². The van der Waals surface area contributed by atoms with Crippen LogP contribution in [0.3, 0.4) is 0 Å². The molecule has 26 heavy (non-hydrogen) atoms. The Hall–Kier alpha value is -2.86. The van der Waals surface area contributed by atoms with Crippen LogP contribution in [0.1, 0.15) is 19.7 Å². The van der Waals surface area contributed by atoms with Gasteiger partial charge in [-0.2, -0.15) is 4.98 Å². The lowest BCUT2D eigenvalue weighted by Gasteiger charge is -2.15. The number of nitrogens with one attached hydrogen (secondary N) is 1. The van der Waals surface area contributed by atoms with E-state index in [1.54, 1.807) is 43.3 Å². The number of halogens is 1. The summed E-state index contributed by atoms with van der Waals surface area (Å²) in [7, 11) is 0. The molecule has 0 radical (unpaired) electrons. The molecule has 0 aliphatic heterocycles. The van der Waals surface area contributed by atoms with Crippen LogP contribution < -0.4 is 10.1 Å². The predicted molar refractivity (Wildman–Crippen MR) is 99.3 cm³/mol. The third-order valence-electron chi connectivity index (χ3n) is 3.64. The van der Waals surface area contributed by atoms with Crippen molar-refractivity contribution in [2.75, 3.05) is 5.32 Å². The highest BCUT2D eigenvalue weighted by atomic mass is 35.5. The molecule has 1 aromatic heterocycles. The van der Waals surface area contributed by atoms with Gasteiger partial charge in [0.15, 0.2) is 6.10 Å². The fourth-order valence-electron chi connectivity index (χ4n) is 2.29. The summed E-state index contributed by atoms with van der Waals surface area (Å²) in [6.45, 7) is 3.61. The Labute approximate surface area is 156 Å². The van der Waals surface area contributed by atoms with E-state index in [-0.39, 0.29) is 5.91 Å². The zero-order valence-corrected chi connectivity index (χ0v) is 15.2. The highest BCUT2D eigenvalue weighted by Gasteiger charge is 2.16. The maximum atomic E-state index is 12.4. The van der Waals surface area contributed by atoms with Crippen LogP contribution >= 0.6 is 11.6 Å². The molecule has 1 atom stereocenters. The maximum absolute atomic E-state index is 12.4. The first kappa shape index (κ1) is 17.9. The zero-order valence-electron chi connectivity index (χ0n) is 14.4. The minimum absolute atomic E-state index is 0.274. The summed E-state index contributed by atoms with van der Waals surface area (Å²) < 4.78 is 10.7. The fraction of sp³-hybridized carbons (Fsp3) is 0.211. The lowest BCUT2D eigenvalue weighted by atomic mass is 10.2. The number of anilines is 1. The first-order valence-corrected chi connectivity index (χ1v) is 8.59. The number of aromatic nitrogens is 2. The number of benzene rings is 2. The van der Waals surface area contributed by atoms with Gasteiger partial charge >= 0.3 is 0 Å². The molecule has 0 spiro atoms. The highest BCUT2D eigenvalue weighted by Crippen LogP contribution is 2.21. The van der Waals surface area contributed by atoms with Crippen LogP contribution in [0, 0.1) is 0 Å². The van der Waals surface area contributed by atoms with Crippen molar-refractivity contribution in [1.82, 2.24) is 10.1 Å². The van der Waals surface area contributed by atoms with Crippen molar-refractivity contribution in [3.05, 3.63) is 59.4 Å². The van der Waals surface area contributed by atoms with Gasteiger partial charge in [-0.05, 0) is 37.3 Å². The zero-order chi connectivity index (χ0) is 18.5. The smallest absolute Gasteiger partial charge is 0.265 e. The van der Waals surface area contributed by atoms with Gasteiger partial charge in [0.2, 0.25) is 11.7 Å². The first-order valence-electron chi connectivity index (χ1n) is 8.21. The largest absolute Gasteiger partial charge is 0.481 e. The van der Waals surface area contributed by atoms with E-state index in [2.05, 4.69) is 15.5 Å². The Morgan fingerprint density at radius 2 is 2.08 bits per heavy atom. The van der Waals surface area contributed by atoms with Crippen LogP contribution in [0.25, 0.3) is 11.4 Å². The first-order chi connectivity index (χ1) is 12.5. The second-order valence-electron chi connectivity index (χ2n) is 5.65. The third kappa shape index (κ3) is 4.40. The molecule has 0 aliphatic carbocycles. The molecule has 0 aliphatic rings. The van der Waals surface area contributed by atoms with Crippen molar-refractivity contribution in [2.45, 2.75) is 26.4 Å². The van der Waals surface area contributed by atoms with Gasteiger partial charge in [-0.25, -0.2) is 0 Å². The molecule has 0 bridgehead atoms. The number of nitrogens with zero attached hydrogens (tertiary/aromatic N) is 2. The molecule has 0 fully saturated rings. The number of carbonyl (C=O) groups is 1. The van der Waals surface area contributed by atoms with Crippen molar-refractivity contribution in [3.63, 3.8) is 0 Å². The van der Waals surface area contributed by atoms with E-state index in [0.29, 0.717) is 34.6 Å². The number of ether oxygens (including phenoxy) is 1. The standard InChI is InChI=1S/C19H18ClN3O3/c1-3-17-22-18(23-26-17)13-6-4-8-15(10-13)21-19(24)12(2)25-16-9-5-7-14(20)11-16/h4-12H,3H2,1-2H3,(H,21,24)/t12-/m1/s1. The summed E-state index contributed by atoms with van der Waals surface area (Å²) >= 11 is 5.93. The molecule has 0 saturated carbocycles. The number of aryl methyl sites for hydroxylation is 1. The Morgan fingerprint density at radius 3 is 2.81 bits per heavy atom. The maximum Gasteiger partial charge on any atom is 0.265 e. The topological polar surface area (TPSA) is 77.2 Å². The van der Waals surface area contributed by atoms with E-state index < -0.39 is 6.10 Å². The monoisotopic (exact) mass is 371 g/mol. The Kier molecular flexibility index (Phi) is 5.53. The minimum atomic E-state index is -0.686. The van der Waals surface area contributed by atoms with Gasteiger partial charge in [-0.1, -0.05) is 41.9 Å². The van der Waals surface area contributed by atoms with E-state index in [4.69, 9.17) is 20.9 Å². The van der Waals surface area contributed by atoms with Crippen LogP contribution in [-0.2, 0) is 11.2 Å². The van der Waals surface area contributed by atoms with Crippen molar-refractivity contribution in [2.24, 2.45) is 0 Å². The van der Waals surface area contributed by atoms with Crippen molar-refractivity contribution < 1.29 is 14.1 Å². The van der Waals surface area contributed by atoms with Crippen LogP contribution in [0.15, 0.2) is 53.1 Å². The van der Waals surface area contributed by atoms with E-state index in [1.807, 2.05) is 19.1 Å². The number of rotatable bonds is 6. The summed E-state index contributed by atoms with van der Waals surface area (Å²) in [5.74, 6) is 1.32. The van der Waals surface area contributed by atoms with Crippen molar-refractivity contribution in [1.29, 1.82) is 0 Å². The number of hydrogen-bond donors (Lipinski definition) is 1. The third-order valence-corrected chi connectivity index (χ3v) is 3.87. The fourth-order valence-corrected chi connectivity index (χ4v) is 2.47. The van der Waals surface area contributed by atoms with Gasteiger partial charge < -0.3 is 14.6 Å². The van der Waals surface area contributed by atoms with Crippen LogP contribution in [-0.4, -0.2) is 22.2 Å². The van der Waals surface area contributed by atoms with E-state index in [9.17, 15) is 4.79 Å².